The summed E-state index contributed by atoms with van der Waals surface area (Å²) >= 11 is 0. The lowest BCUT2D eigenvalue weighted by Crippen LogP contribution is -2.42. The molecule has 9 nitrogen and oxygen atoms in total. The van der Waals surface area contributed by atoms with Gasteiger partial charge < -0.3 is 25.8 Å². The molecule has 2 aromatic rings. The van der Waals surface area contributed by atoms with Crippen LogP contribution in [0.3, 0.4) is 0 Å². The highest BCUT2D eigenvalue weighted by molar-refractivity contribution is 5.78. The van der Waals surface area contributed by atoms with E-state index >= 15 is 0 Å². The first-order valence-corrected chi connectivity index (χ1v) is 10.8. The van der Waals surface area contributed by atoms with Crippen LogP contribution in [0.1, 0.15) is 45.2 Å². The van der Waals surface area contributed by atoms with E-state index in [9.17, 15) is 9.59 Å². The molecule has 0 atom stereocenters. The van der Waals surface area contributed by atoms with Gasteiger partial charge in [-0.25, -0.2) is 10.8 Å². The Morgan fingerprint density at radius 3 is 2.71 bits per heavy atom. The number of hydrogen-bond acceptors (Lipinski definition) is 7. The van der Waals surface area contributed by atoms with Crippen LogP contribution in [0.25, 0.3) is 11.4 Å². The minimum absolute atomic E-state index is 0.0698. The number of hydrazine groups is 1. The van der Waals surface area contributed by atoms with Crippen LogP contribution in [0.15, 0.2) is 23.0 Å². The molecule has 1 amide bonds. The Morgan fingerprint density at radius 2 is 2.10 bits per heavy atom. The van der Waals surface area contributed by atoms with Gasteiger partial charge in [-0.05, 0) is 50.8 Å². The molecular weight excluding hydrogens is 396 g/mol. The molecule has 31 heavy (non-hydrogen) atoms. The van der Waals surface area contributed by atoms with Crippen molar-refractivity contribution < 1.29 is 9.53 Å². The summed E-state index contributed by atoms with van der Waals surface area (Å²) in [7, 11) is 1.63. The van der Waals surface area contributed by atoms with Gasteiger partial charge in [0.1, 0.15) is 17.3 Å². The number of nitrogens with one attached hydrogen (secondary N) is 2. The fourth-order valence-electron chi connectivity index (χ4n) is 3.81. The van der Waals surface area contributed by atoms with Crippen LogP contribution >= 0.6 is 0 Å². The van der Waals surface area contributed by atoms with Crippen molar-refractivity contribution in [1.29, 1.82) is 0 Å². The van der Waals surface area contributed by atoms with E-state index in [4.69, 9.17) is 21.3 Å². The molecule has 0 radical (unpaired) electrons. The Kier molecular flexibility index (Phi) is 7.17. The van der Waals surface area contributed by atoms with Crippen molar-refractivity contribution in [2.75, 3.05) is 24.0 Å². The predicted octanol–water partition coefficient (Wildman–Crippen LogP) is 2.16. The zero-order chi connectivity index (χ0) is 22.5. The molecule has 1 aromatic heterocycles. The van der Waals surface area contributed by atoms with Crippen molar-refractivity contribution in [3.05, 3.63) is 34.2 Å². The molecular formula is C22H32N6O3. The number of rotatable bonds is 10. The summed E-state index contributed by atoms with van der Waals surface area (Å²) in [6.07, 6.45) is 3.97. The first kappa shape index (κ1) is 22.6. The Labute approximate surface area is 182 Å². The van der Waals surface area contributed by atoms with Crippen LogP contribution in [-0.4, -0.2) is 35.6 Å². The van der Waals surface area contributed by atoms with Crippen LogP contribution in [0, 0.1) is 5.92 Å². The van der Waals surface area contributed by atoms with Crippen molar-refractivity contribution in [2.24, 2.45) is 17.5 Å². The predicted molar refractivity (Wildman–Crippen MR) is 122 cm³/mol. The molecule has 0 saturated heterocycles. The summed E-state index contributed by atoms with van der Waals surface area (Å²) in [5.41, 5.74) is 7.67. The van der Waals surface area contributed by atoms with E-state index in [-0.39, 0.29) is 23.4 Å². The van der Waals surface area contributed by atoms with Crippen LogP contribution < -0.4 is 32.2 Å². The lowest BCUT2D eigenvalue weighted by molar-refractivity contribution is -0.124. The second kappa shape index (κ2) is 9.82. The van der Waals surface area contributed by atoms with Crippen molar-refractivity contribution in [2.45, 2.75) is 52.0 Å². The second-order valence-corrected chi connectivity index (χ2v) is 7.98. The lowest BCUT2D eigenvalue weighted by Gasteiger charge is -2.34. The van der Waals surface area contributed by atoms with Gasteiger partial charge in [0.05, 0.1) is 17.9 Å². The summed E-state index contributed by atoms with van der Waals surface area (Å²) in [6.45, 7) is 4.48. The van der Waals surface area contributed by atoms with Gasteiger partial charge in [0.2, 0.25) is 5.91 Å². The minimum atomic E-state index is -0.287. The number of H-pyrrole nitrogens is 1. The van der Waals surface area contributed by atoms with Gasteiger partial charge in [-0.15, -0.1) is 0 Å². The molecule has 1 heterocycles. The SMILES string of the molecule is CCCCc1nc(-c2cc(NC3CC(C(N)=O)C3)ccc2OCC)[nH]c(=O)c1N(C)N. The third-order valence-corrected chi connectivity index (χ3v) is 5.53. The molecule has 1 aromatic carbocycles. The van der Waals surface area contributed by atoms with Crippen LogP contribution in [0.4, 0.5) is 11.4 Å². The lowest BCUT2D eigenvalue weighted by atomic mass is 9.79. The number of ether oxygens (including phenoxy) is 1. The fourth-order valence-corrected chi connectivity index (χ4v) is 3.81. The number of primary amides is 1. The molecule has 1 fully saturated rings. The summed E-state index contributed by atoms with van der Waals surface area (Å²) in [5, 5.41) is 4.74. The number of hydrogen-bond donors (Lipinski definition) is 4. The van der Waals surface area contributed by atoms with E-state index < -0.39 is 0 Å². The minimum Gasteiger partial charge on any atom is -0.493 e. The van der Waals surface area contributed by atoms with Gasteiger partial charge in [-0.1, -0.05) is 13.3 Å². The largest absolute Gasteiger partial charge is 0.493 e. The number of nitrogens with two attached hydrogens (primary N) is 2. The third kappa shape index (κ3) is 5.16. The van der Waals surface area contributed by atoms with E-state index in [0.29, 0.717) is 54.4 Å². The molecule has 1 aliphatic rings. The summed E-state index contributed by atoms with van der Waals surface area (Å²) in [4.78, 5) is 31.7. The topological polar surface area (TPSA) is 139 Å². The van der Waals surface area contributed by atoms with Crippen LogP contribution in [-0.2, 0) is 11.2 Å². The van der Waals surface area contributed by atoms with Crippen molar-refractivity contribution in [3.8, 4) is 17.1 Å². The number of amides is 1. The maximum absolute atomic E-state index is 12.8. The molecule has 0 spiro atoms. The van der Waals surface area contributed by atoms with Crippen molar-refractivity contribution >= 4 is 17.3 Å². The number of carbonyl (C=O) groups excluding carboxylic acids is 1. The van der Waals surface area contributed by atoms with E-state index in [2.05, 4.69) is 17.2 Å². The van der Waals surface area contributed by atoms with E-state index in [1.807, 2.05) is 25.1 Å². The quantitative estimate of drug-likeness (QED) is 0.336. The number of aromatic nitrogens is 2. The highest BCUT2D eigenvalue weighted by Crippen LogP contribution is 2.34. The standard InChI is InChI=1S/C22H32N6O3/c1-4-6-7-17-19(28(3)24)22(30)27-21(26-17)16-12-14(8-9-18(16)31-5-2)25-15-10-13(11-15)20(23)29/h8-9,12-13,15,25H,4-7,10-11,24H2,1-3H3,(H2,23,29)(H,26,27,30). The maximum Gasteiger partial charge on any atom is 0.276 e. The van der Waals surface area contributed by atoms with Crippen molar-refractivity contribution in [3.63, 3.8) is 0 Å². The number of nitrogens with zero attached hydrogens (tertiary/aromatic N) is 2. The van der Waals surface area contributed by atoms with Gasteiger partial charge in [0.25, 0.3) is 5.56 Å². The average Bonchev–Trinajstić information content (AvgIpc) is 2.68. The molecule has 0 bridgehead atoms. The zero-order valence-corrected chi connectivity index (χ0v) is 18.4. The molecule has 9 heteroatoms. The smallest absolute Gasteiger partial charge is 0.276 e. The van der Waals surface area contributed by atoms with Gasteiger partial charge >= 0.3 is 0 Å². The molecule has 0 unspecified atom stereocenters. The van der Waals surface area contributed by atoms with E-state index in [1.54, 1.807) is 7.05 Å². The number of benzene rings is 1. The Morgan fingerprint density at radius 1 is 1.35 bits per heavy atom. The normalized spacial score (nSPS) is 17.7. The number of aryl methyl sites for hydroxylation is 1. The van der Waals surface area contributed by atoms with Crippen LogP contribution in [0.5, 0.6) is 5.75 Å². The third-order valence-electron chi connectivity index (χ3n) is 5.53. The monoisotopic (exact) mass is 428 g/mol. The first-order valence-electron chi connectivity index (χ1n) is 10.8. The van der Waals surface area contributed by atoms with Gasteiger partial charge in [0, 0.05) is 24.7 Å². The first-order chi connectivity index (χ1) is 14.8. The Hall–Kier alpha value is -3.07. The van der Waals surface area contributed by atoms with E-state index in [1.165, 1.54) is 5.01 Å². The highest BCUT2D eigenvalue weighted by Gasteiger charge is 2.33. The molecule has 6 N–H and O–H groups in total. The molecule has 1 aliphatic carbocycles. The Bertz CT molecular complexity index is 982. The molecule has 1 saturated carbocycles. The second-order valence-electron chi connectivity index (χ2n) is 7.98. The Balaban J connectivity index is 1.96. The number of anilines is 2. The number of carbonyl (C=O) groups is 1. The molecule has 168 valence electrons. The van der Waals surface area contributed by atoms with Crippen molar-refractivity contribution in [1.82, 2.24) is 9.97 Å². The molecule has 3 rings (SSSR count). The summed E-state index contributed by atoms with van der Waals surface area (Å²) in [5.74, 6) is 6.65. The average molecular weight is 429 g/mol. The van der Waals surface area contributed by atoms with Gasteiger partial charge in [0.15, 0.2) is 0 Å². The number of aromatic amines is 1. The van der Waals surface area contributed by atoms with E-state index in [0.717, 1.165) is 18.5 Å². The van der Waals surface area contributed by atoms with Crippen LogP contribution in [0.2, 0.25) is 0 Å². The fraction of sp³-hybridized carbons (Fsp3) is 0.500. The van der Waals surface area contributed by atoms with Gasteiger partial charge in [-0.2, -0.15) is 0 Å². The summed E-state index contributed by atoms with van der Waals surface area (Å²) < 4.78 is 5.79. The highest BCUT2D eigenvalue weighted by atomic mass is 16.5. The van der Waals surface area contributed by atoms with Gasteiger partial charge in [-0.3, -0.25) is 9.59 Å². The number of unbranched alkanes of at least 4 members (excludes halogenated alkanes) is 1. The summed E-state index contributed by atoms with van der Waals surface area (Å²) in [6, 6.07) is 5.88. The maximum atomic E-state index is 12.8. The zero-order valence-electron chi connectivity index (χ0n) is 18.4. The molecule has 0 aliphatic heterocycles.